The summed E-state index contributed by atoms with van der Waals surface area (Å²) in [6.07, 6.45) is 2.76. The Morgan fingerprint density at radius 1 is 1.27 bits per heavy atom. The smallest absolute Gasteiger partial charge is 0.228 e. The number of likely N-dealkylation sites (tertiary alicyclic amines) is 1. The lowest BCUT2D eigenvalue weighted by atomic mass is 10.0. The zero-order valence-corrected chi connectivity index (χ0v) is 15.4. The lowest BCUT2D eigenvalue weighted by Crippen LogP contribution is -2.42. The van der Waals surface area contributed by atoms with Crippen LogP contribution in [0.3, 0.4) is 0 Å². The van der Waals surface area contributed by atoms with Crippen LogP contribution in [0.25, 0.3) is 0 Å². The van der Waals surface area contributed by atoms with Gasteiger partial charge < -0.3 is 14.2 Å². The monoisotopic (exact) mass is 354 g/mol. The predicted molar refractivity (Wildman–Crippen MR) is 99.0 cm³/mol. The van der Waals surface area contributed by atoms with E-state index in [1.807, 2.05) is 47.4 Å². The van der Waals surface area contributed by atoms with Gasteiger partial charge >= 0.3 is 0 Å². The molecule has 0 spiro atoms. The first-order chi connectivity index (χ1) is 12.6. The largest absolute Gasteiger partial charge is 0.467 e. The zero-order chi connectivity index (χ0) is 18.5. The van der Waals surface area contributed by atoms with Crippen LogP contribution >= 0.6 is 0 Å². The maximum absolute atomic E-state index is 13.2. The topological polar surface area (TPSA) is 53.8 Å². The molecular weight excluding hydrogens is 328 g/mol. The Kier molecular flexibility index (Phi) is 5.76. The Balaban J connectivity index is 1.69. The van der Waals surface area contributed by atoms with Gasteiger partial charge in [-0.05, 0) is 31.0 Å². The molecule has 26 heavy (non-hydrogen) atoms. The van der Waals surface area contributed by atoms with Crippen LogP contribution < -0.4 is 0 Å². The van der Waals surface area contributed by atoms with Crippen LogP contribution in [0.2, 0.25) is 0 Å². The minimum Gasteiger partial charge on any atom is -0.467 e. The maximum atomic E-state index is 13.2. The van der Waals surface area contributed by atoms with E-state index in [2.05, 4.69) is 13.8 Å². The molecule has 1 aliphatic heterocycles. The van der Waals surface area contributed by atoms with Crippen LogP contribution in [0.1, 0.15) is 38.0 Å². The molecule has 2 atom stereocenters. The average molecular weight is 354 g/mol. The molecule has 5 nitrogen and oxygen atoms in total. The van der Waals surface area contributed by atoms with Crippen molar-refractivity contribution in [1.29, 1.82) is 0 Å². The summed E-state index contributed by atoms with van der Waals surface area (Å²) in [6, 6.07) is 13.8. The molecule has 0 aliphatic carbocycles. The second kappa shape index (κ2) is 8.21. The van der Waals surface area contributed by atoms with Crippen LogP contribution in [-0.4, -0.2) is 34.2 Å². The standard InChI is InChI=1S/C21H26N2O3/c1-3-16(2)23(13-17-8-5-4-6-9-17)21(25)18-12-20(24)22(14-18)15-19-10-7-11-26-19/h4-11,16,18H,3,12-15H2,1-2H3. The van der Waals surface area contributed by atoms with E-state index in [1.54, 1.807) is 11.2 Å². The second-order valence-electron chi connectivity index (χ2n) is 6.96. The van der Waals surface area contributed by atoms with Crippen LogP contribution in [0.15, 0.2) is 53.1 Å². The van der Waals surface area contributed by atoms with Crippen LogP contribution in [-0.2, 0) is 22.7 Å². The number of nitrogens with zero attached hydrogens (tertiary/aromatic N) is 2. The molecule has 2 unspecified atom stereocenters. The third-order valence-electron chi connectivity index (χ3n) is 5.09. The molecule has 138 valence electrons. The fraction of sp³-hybridized carbons (Fsp3) is 0.429. The zero-order valence-electron chi connectivity index (χ0n) is 15.4. The maximum Gasteiger partial charge on any atom is 0.228 e. The first-order valence-electron chi connectivity index (χ1n) is 9.23. The van der Waals surface area contributed by atoms with Crippen molar-refractivity contribution >= 4 is 11.8 Å². The molecule has 3 rings (SSSR count). The summed E-state index contributed by atoms with van der Waals surface area (Å²) in [5, 5.41) is 0. The molecule has 0 N–H and O–H groups in total. The highest BCUT2D eigenvalue weighted by molar-refractivity contribution is 5.89. The van der Waals surface area contributed by atoms with Gasteiger partial charge in [-0.25, -0.2) is 0 Å². The Bertz CT molecular complexity index is 727. The molecule has 1 saturated heterocycles. The summed E-state index contributed by atoms with van der Waals surface area (Å²) in [7, 11) is 0. The van der Waals surface area contributed by atoms with Crippen molar-refractivity contribution in [2.24, 2.45) is 5.92 Å². The van der Waals surface area contributed by atoms with Crippen molar-refractivity contribution in [3.63, 3.8) is 0 Å². The van der Waals surface area contributed by atoms with Crippen molar-refractivity contribution in [1.82, 2.24) is 9.80 Å². The second-order valence-corrected chi connectivity index (χ2v) is 6.96. The Morgan fingerprint density at radius 2 is 2.04 bits per heavy atom. The summed E-state index contributed by atoms with van der Waals surface area (Å²) in [6.45, 7) is 5.62. The van der Waals surface area contributed by atoms with Gasteiger partial charge in [-0.15, -0.1) is 0 Å². The van der Waals surface area contributed by atoms with E-state index < -0.39 is 0 Å². The van der Waals surface area contributed by atoms with Crippen LogP contribution in [0, 0.1) is 5.92 Å². The number of hydrogen-bond donors (Lipinski definition) is 0. The third kappa shape index (κ3) is 4.15. The molecule has 1 fully saturated rings. The van der Waals surface area contributed by atoms with Crippen LogP contribution in [0.4, 0.5) is 0 Å². The molecule has 2 amide bonds. The Morgan fingerprint density at radius 3 is 2.69 bits per heavy atom. The minimum atomic E-state index is -0.282. The average Bonchev–Trinajstić information content (AvgIpc) is 3.30. The number of benzene rings is 1. The molecule has 1 aliphatic rings. The number of carbonyl (C=O) groups excluding carboxylic acids is 2. The molecule has 2 heterocycles. The number of carbonyl (C=O) groups is 2. The summed E-state index contributed by atoms with van der Waals surface area (Å²) < 4.78 is 5.33. The SMILES string of the molecule is CCC(C)N(Cc1ccccc1)C(=O)C1CC(=O)N(Cc2ccco2)C1. The molecule has 0 bridgehead atoms. The van der Waals surface area contributed by atoms with Gasteiger partial charge in [0.2, 0.25) is 11.8 Å². The fourth-order valence-corrected chi connectivity index (χ4v) is 3.37. The summed E-state index contributed by atoms with van der Waals surface area (Å²) in [5.74, 6) is 0.548. The lowest BCUT2D eigenvalue weighted by Gasteiger charge is -2.31. The van der Waals surface area contributed by atoms with E-state index in [-0.39, 0.29) is 30.2 Å². The normalized spacial score (nSPS) is 18.2. The molecule has 1 aromatic heterocycles. The van der Waals surface area contributed by atoms with Gasteiger partial charge in [-0.3, -0.25) is 9.59 Å². The van der Waals surface area contributed by atoms with Gasteiger partial charge in [-0.1, -0.05) is 37.3 Å². The molecule has 5 heteroatoms. The number of rotatable bonds is 7. The minimum absolute atomic E-state index is 0.0172. The van der Waals surface area contributed by atoms with Crippen molar-refractivity contribution in [2.45, 2.75) is 45.8 Å². The van der Waals surface area contributed by atoms with E-state index in [4.69, 9.17) is 4.42 Å². The van der Waals surface area contributed by atoms with Gasteiger partial charge in [0.1, 0.15) is 5.76 Å². The number of amides is 2. The van der Waals surface area contributed by atoms with E-state index in [0.717, 1.165) is 17.7 Å². The quantitative estimate of drug-likeness (QED) is 0.765. The number of hydrogen-bond acceptors (Lipinski definition) is 3. The van der Waals surface area contributed by atoms with Crippen molar-refractivity contribution in [3.05, 3.63) is 60.1 Å². The molecule has 0 radical (unpaired) electrons. The van der Waals surface area contributed by atoms with Gasteiger partial charge in [0.05, 0.1) is 18.7 Å². The van der Waals surface area contributed by atoms with E-state index >= 15 is 0 Å². The third-order valence-corrected chi connectivity index (χ3v) is 5.09. The summed E-state index contributed by atoms with van der Waals surface area (Å²) in [5.41, 5.74) is 1.11. The highest BCUT2D eigenvalue weighted by Crippen LogP contribution is 2.24. The van der Waals surface area contributed by atoms with Crippen molar-refractivity contribution < 1.29 is 14.0 Å². The Hall–Kier alpha value is -2.56. The first-order valence-corrected chi connectivity index (χ1v) is 9.23. The fourth-order valence-electron chi connectivity index (χ4n) is 3.37. The first kappa shape index (κ1) is 18.2. The summed E-state index contributed by atoms with van der Waals surface area (Å²) >= 11 is 0. The van der Waals surface area contributed by atoms with Gasteiger partial charge in [-0.2, -0.15) is 0 Å². The van der Waals surface area contributed by atoms with Crippen molar-refractivity contribution in [3.8, 4) is 0 Å². The Labute approximate surface area is 154 Å². The molecule has 2 aromatic rings. The lowest BCUT2D eigenvalue weighted by molar-refractivity contribution is -0.138. The number of furan rings is 1. The van der Waals surface area contributed by atoms with Crippen LogP contribution in [0.5, 0.6) is 0 Å². The molecule has 0 saturated carbocycles. The van der Waals surface area contributed by atoms with Crippen molar-refractivity contribution in [2.75, 3.05) is 6.54 Å². The van der Waals surface area contributed by atoms with Gasteiger partial charge in [0.15, 0.2) is 0 Å². The van der Waals surface area contributed by atoms with Gasteiger partial charge in [0.25, 0.3) is 0 Å². The molecule has 1 aromatic carbocycles. The highest BCUT2D eigenvalue weighted by atomic mass is 16.3. The van der Waals surface area contributed by atoms with E-state index in [1.165, 1.54) is 0 Å². The predicted octanol–water partition coefficient (Wildman–Crippen LogP) is 3.46. The molecular formula is C21H26N2O3. The highest BCUT2D eigenvalue weighted by Gasteiger charge is 2.37. The van der Waals surface area contributed by atoms with Gasteiger partial charge in [0, 0.05) is 25.6 Å². The van der Waals surface area contributed by atoms with E-state index in [0.29, 0.717) is 19.6 Å². The van der Waals surface area contributed by atoms with E-state index in [9.17, 15) is 9.59 Å². The summed E-state index contributed by atoms with van der Waals surface area (Å²) in [4.78, 5) is 29.2.